The minimum atomic E-state index is -0.185. The van der Waals surface area contributed by atoms with Crippen molar-refractivity contribution in [3.8, 4) is 0 Å². The van der Waals surface area contributed by atoms with Crippen molar-refractivity contribution in [2.24, 2.45) is 4.99 Å². The minimum absolute atomic E-state index is 0. The molecule has 8 heteroatoms. The normalized spacial score (nSPS) is 14.9. The van der Waals surface area contributed by atoms with Gasteiger partial charge in [-0.3, -0.25) is 14.9 Å². The van der Waals surface area contributed by atoms with Crippen LogP contribution in [0.25, 0.3) is 0 Å². The number of halogens is 2. The average Bonchev–Trinajstić information content (AvgIpc) is 2.76. The van der Waals surface area contributed by atoms with E-state index in [2.05, 4.69) is 32.3 Å². The maximum Gasteiger partial charge on any atom is 0.191 e. The summed E-state index contributed by atoms with van der Waals surface area (Å²) in [4.78, 5) is 13.8. The zero-order chi connectivity index (χ0) is 20.3. The standard InChI is InChI=1S/C22H31FN6.HI/c1-2-24-22(26-12-10-20-5-3-4-11-25-20)27-13-14-28-15-17-29(18-16-28)21-8-6-19(23)7-9-21;/h3-9,11H,2,10,12-18H2,1H3,(H2,24,26,27);1H. The van der Waals surface area contributed by atoms with Gasteiger partial charge in [0.05, 0.1) is 6.54 Å². The molecule has 0 bridgehead atoms. The third-order valence-electron chi connectivity index (χ3n) is 4.99. The Kier molecular flexibility index (Phi) is 10.9. The topological polar surface area (TPSA) is 55.8 Å². The van der Waals surface area contributed by atoms with Crippen molar-refractivity contribution in [2.75, 3.05) is 57.3 Å². The number of anilines is 1. The molecule has 0 unspecified atom stereocenters. The maximum absolute atomic E-state index is 13.1. The summed E-state index contributed by atoms with van der Waals surface area (Å²) in [6, 6.07) is 12.7. The van der Waals surface area contributed by atoms with Crippen LogP contribution in [0.3, 0.4) is 0 Å². The van der Waals surface area contributed by atoms with Gasteiger partial charge in [-0.2, -0.15) is 0 Å². The SMILES string of the molecule is CCNC(=NCCN1CCN(c2ccc(F)cc2)CC1)NCCc1ccccn1.I. The predicted molar refractivity (Wildman–Crippen MR) is 132 cm³/mol. The highest BCUT2D eigenvalue weighted by Gasteiger charge is 2.16. The molecule has 6 nitrogen and oxygen atoms in total. The van der Waals surface area contributed by atoms with Crippen LogP contribution < -0.4 is 15.5 Å². The lowest BCUT2D eigenvalue weighted by Crippen LogP contribution is -2.47. The van der Waals surface area contributed by atoms with Crippen LogP contribution in [0.5, 0.6) is 0 Å². The van der Waals surface area contributed by atoms with Gasteiger partial charge in [-0.15, -0.1) is 24.0 Å². The van der Waals surface area contributed by atoms with Gasteiger partial charge in [-0.25, -0.2) is 4.39 Å². The maximum atomic E-state index is 13.1. The van der Waals surface area contributed by atoms with E-state index in [0.29, 0.717) is 0 Å². The van der Waals surface area contributed by atoms with E-state index in [1.165, 1.54) is 12.1 Å². The van der Waals surface area contributed by atoms with Crippen LogP contribution in [-0.2, 0) is 6.42 Å². The van der Waals surface area contributed by atoms with Crippen molar-refractivity contribution in [1.82, 2.24) is 20.5 Å². The first-order chi connectivity index (χ1) is 14.2. The van der Waals surface area contributed by atoms with Gasteiger partial charge in [0.1, 0.15) is 5.82 Å². The van der Waals surface area contributed by atoms with Crippen LogP contribution >= 0.6 is 24.0 Å². The molecular formula is C22H32FIN6. The largest absolute Gasteiger partial charge is 0.369 e. The third-order valence-corrected chi connectivity index (χ3v) is 4.99. The zero-order valence-electron chi connectivity index (χ0n) is 17.6. The summed E-state index contributed by atoms with van der Waals surface area (Å²) < 4.78 is 13.1. The van der Waals surface area contributed by atoms with Crippen LogP contribution in [0.15, 0.2) is 53.7 Å². The average molecular weight is 526 g/mol. The number of piperazine rings is 1. The molecule has 3 rings (SSSR count). The van der Waals surface area contributed by atoms with E-state index in [9.17, 15) is 4.39 Å². The first-order valence-corrected chi connectivity index (χ1v) is 10.4. The molecular weight excluding hydrogens is 494 g/mol. The number of aliphatic imine (C=N–C) groups is 1. The number of guanidine groups is 1. The summed E-state index contributed by atoms with van der Waals surface area (Å²) in [5.41, 5.74) is 2.17. The van der Waals surface area contributed by atoms with Gasteiger partial charge < -0.3 is 15.5 Å². The molecule has 0 atom stereocenters. The van der Waals surface area contributed by atoms with Gasteiger partial charge in [-0.1, -0.05) is 6.07 Å². The van der Waals surface area contributed by atoms with E-state index in [-0.39, 0.29) is 29.8 Å². The highest BCUT2D eigenvalue weighted by Crippen LogP contribution is 2.16. The van der Waals surface area contributed by atoms with E-state index < -0.39 is 0 Å². The summed E-state index contributed by atoms with van der Waals surface area (Å²) in [5, 5.41) is 6.68. The van der Waals surface area contributed by atoms with Crippen LogP contribution in [0, 0.1) is 5.82 Å². The molecule has 30 heavy (non-hydrogen) atoms. The third kappa shape index (κ3) is 8.06. The van der Waals surface area contributed by atoms with Crippen molar-refractivity contribution in [2.45, 2.75) is 13.3 Å². The van der Waals surface area contributed by atoms with Crippen LogP contribution in [0.4, 0.5) is 10.1 Å². The smallest absolute Gasteiger partial charge is 0.191 e. The summed E-state index contributed by atoms with van der Waals surface area (Å²) in [7, 11) is 0. The lowest BCUT2D eigenvalue weighted by atomic mass is 10.2. The zero-order valence-corrected chi connectivity index (χ0v) is 19.9. The molecule has 1 saturated heterocycles. The molecule has 1 aliphatic rings. The first kappa shape index (κ1) is 24.3. The summed E-state index contributed by atoms with van der Waals surface area (Å²) in [6.07, 6.45) is 2.70. The Labute approximate surface area is 196 Å². The van der Waals surface area contributed by atoms with Crippen LogP contribution in [-0.4, -0.2) is 68.2 Å². The Balaban J connectivity index is 0.00000320. The second kappa shape index (κ2) is 13.4. The fraction of sp³-hybridized carbons (Fsp3) is 0.455. The lowest BCUT2D eigenvalue weighted by Gasteiger charge is -2.35. The van der Waals surface area contributed by atoms with Gasteiger partial charge >= 0.3 is 0 Å². The lowest BCUT2D eigenvalue weighted by molar-refractivity contribution is 0.265. The van der Waals surface area contributed by atoms with Crippen molar-refractivity contribution >= 4 is 35.6 Å². The molecule has 164 valence electrons. The summed E-state index contributed by atoms with van der Waals surface area (Å²) >= 11 is 0. The molecule has 1 fully saturated rings. The fourth-order valence-corrected chi connectivity index (χ4v) is 3.38. The Hall–Kier alpha value is -1.94. The summed E-state index contributed by atoms with van der Waals surface area (Å²) in [5.74, 6) is 0.670. The number of nitrogens with zero attached hydrogens (tertiary/aromatic N) is 4. The monoisotopic (exact) mass is 526 g/mol. The molecule has 0 saturated carbocycles. The first-order valence-electron chi connectivity index (χ1n) is 10.4. The number of pyridine rings is 1. The van der Waals surface area contributed by atoms with Gasteiger partial charge in [0, 0.05) is 69.8 Å². The van der Waals surface area contributed by atoms with Crippen molar-refractivity contribution < 1.29 is 4.39 Å². The molecule has 0 radical (unpaired) electrons. The van der Waals surface area contributed by atoms with Crippen molar-refractivity contribution in [3.63, 3.8) is 0 Å². The molecule has 0 amide bonds. The van der Waals surface area contributed by atoms with Gasteiger partial charge in [0.2, 0.25) is 0 Å². The van der Waals surface area contributed by atoms with Gasteiger partial charge in [-0.05, 0) is 43.3 Å². The molecule has 2 aromatic rings. The second-order valence-corrected chi connectivity index (χ2v) is 7.06. The molecule has 0 spiro atoms. The van der Waals surface area contributed by atoms with Gasteiger partial charge in [0.15, 0.2) is 5.96 Å². The van der Waals surface area contributed by atoms with Crippen molar-refractivity contribution in [3.05, 3.63) is 60.2 Å². The molecule has 1 aromatic carbocycles. The molecule has 2 heterocycles. The molecule has 1 aromatic heterocycles. The van der Waals surface area contributed by atoms with E-state index in [1.807, 2.05) is 36.5 Å². The predicted octanol–water partition coefficient (Wildman–Crippen LogP) is 2.76. The van der Waals surface area contributed by atoms with E-state index in [0.717, 1.165) is 76.1 Å². The number of nitrogens with one attached hydrogen (secondary N) is 2. The second-order valence-electron chi connectivity index (χ2n) is 7.06. The molecule has 0 aliphatic carbocycles. The molecule has 1 aliphatic heterocycles. The Morgan fingerprint density at radius 3 is 2.50 bits per heavy atom. The number of aromatic nitrogens is 1. The van der Waals surface area contributed by atoms with E-state index in [1.54, 1.807) is 0 Å². The number of rotatable bonds is 8. The Morgan fingerprint density at radius 1 is 1.07 bits per heavy atom. The molecule has 2 N–H and O–H groups in total. The quantitative estimate of drug-likeness (QED) is 0.315. The van der Waals surface area contributed by atoms with E-state index >= 15 is 0 Å². The van der Waals surface area contributed by atoms with E-state index in [4.69, 9.17) is 4.99 Å². The minimum Gasteiger partial charge on any atom is -0.369 e. The highest BCUT2D eigenvalue weighted by atomic mass is 127. The Morgan fingerprint density at radius 2 is 1.83 bits per heavy atom. The number of benzene rings is 1. The van der Waals surface area contributed by atoms with Gasteiger partial charge in [0.25, 0.3) is 0 Å². The number of hydrogen-bond acceptors (Lipinski definition) is 4. The van der Waals surface area contributed by atoms with Crippen molar-refractivity contribution in [1.29, 1.82) is 0 Å². The van der Waals surface area contributed by atoms with Crippen LogP contribution in [0.2, 0.25) is 0 Å². The summed E-state index contributed by atoms with van der Waals surface area (Å²) in [6.45, 7) is 9.32. The number of hydrogen-bond donors (Lipinski definition) is 2. The Bertz CT molecular complexity index is 748. The highest BCUT2D eigenvalue weighted by molar-refractivity contribution is 14.0. The fourth-order valence-electron chi connectivity index (χ4n) is 3.38. The van der Waals surface area contributed by atoms with Crippen LogP contribution in [0.1, 0.15) is 12.6 Å².